The van der Waals surface area contributed by atoms with Gasteiger partial charge >= 0.3 is 0 Å². The lowest BCUT2D eigenvalue weighted by Crippen LogP contribution is -2.31. The van der Waals surface area contributed by atoms with Gasteiger partial charge in [-0.15, -0.1) is 0 Å². The van der Waals surface area contributed by atoms with E-state index < -0.39 is 0 Å². The van der Waals surface area contributed by atoms with Gasteiger partial charge in [0.2, 0.25) is 11.9 Å². The van der Waals surface area contributed by atoms with E-state index in [9.17, 15) is 5.21 Å². The maximum absolute atomic E-state index is 11.5. The molecule has 1 heterocycles. The first-order valence-electron chi connectivity index (χ1n) is 5.47. The third-order valence-electron chi connectivity index (χ3n) is 2.54. The molecule has 3 heteroatoms. The van der Waals surface area contributed by atoms with Gasteiger partial charge in [-0.3, -0.25) is 0 Å². The van der Waals surface area contributed by atoms with Gasteiger partial charge in [0.25, 0.3) is 0 Å². The highest BCUT2D eigenvalue weighted by atomic mass is 16.5. The first-order chi connectivity index (χ1) is 8.16. The number of benzene rings is 1. The molecule has 3 nitrogen and oxygen atoms in total. The average molecular weight is 226 g/mol. The molecule has 86 valence electrons. The second kappa shape index (κ2) is 4.78. The second-order valence-electron chi connectivity index (χ2n) is 3.92. The van der Waals surface area contributed by atoms with Crippen molar-refractivity contribution in [2.24, 2.45) is 0 Å². The molecule has 0 radical (unpaired) electrons. The molecule has 0 aliphatic carbocycles. The summed E-state index contributed by atoms with van der Waals surface area (Å²) in [6.07, 6.45) is 5.30. The Labute approximate surface area is 101 Å². The fourth-order valence-electron chi connectivity index (χ4n) is 1.58. The van der Waals surface area contributed by atoms with E-state index in [2.05, 4.69) is 4.98 Å². The Hall–Kier alpha value is -2.16. The van der Waals surface area contributed by atoms with Gasteiger partial charge < -0.3 is 5.21 Å². The number of rotatable bonds is 2. The van der Waals surface area contributed by atoms with Crippen LogP contribution in [0.25, 0.3) is 12.2 Å². The monoisotopic (exact) mass is 226 g/mol. The van der Waals surface area contributed by atoms with E-state index in [-0.39, 0.29) is 0 Å². The summed E-state index contributed by atoms with van der Waals surface area (Å²) in [4.78, 5) is 4.34. The molecule has 0 N–H and O–H groups in total. The van der Waals surface area contributed by atoms with Crippen LogP contribution in [-0.2, 0) is 0 Å². The zero-order valence-corrected chi connectivity index (χ0v) is 9.92. The molecule has 2 aromatic rings. The van der Waals surface area contributed by atoms with Crippen LogP contribution in [0.15, 0.2) is 36.5 Å². The highest BCUT2D eigenvalue weighted by molar-refractivity contribution is 5.68. The fourth-order valence-corrected chi connectivity index (χ4v) is 1.58. The van der Waals surface area contributed by atoms with Crippen molar-refractivity contribution in [1.82, 2.24) is 4.98 Å². The zero-order valence-electron chi connectivity index (χ0n) is 9.92. The normalized spacial score (nSPS) is 10.9. The van der Waals surface area contributed by atoms with Crippen molar-refractivity contribution in [3.63, 3.8) is 0 Å². The van der Waals surface area contributed by atoms with Gasteiger partial charge in [-0.25, -0.2) is 4.98 Å². The van der Waals surface area contributed by atoms with E-state index in [0.29, 0.717) is 11.4 Å². The van der Waals surface area contributed by atoms with Crippen molar-refractivity contribution in [3.8, 4) is 0 Å². The van der Waals surface area contributed by atoms with Crippen LogP contribution >= 0.6 is 0 Å². The van der Waals surface area contributed by atoms with Crippen LogP contribution in [0.2, 0.25) is 0 Å². The topological polar surface area (TPSA) is 39.8 Å². The first-order valence-corrected chi connectivity index (χ1v) is 5.47. The van der Waals surface area contributed by atoms with E-state index in [1.54, 1.807) is 6.92 Å². The molecule has 2 rings (SSSR count). The van der Waals surface area contributed by atoms with Crippen LogP contribution in [0.4, 0.5) is 0 Å². The van der Waals surface area contributed by atoms with Crippen LogP contribution in [-0.4, -0.2) is 4.98 Å². The molecular formula is C14H14N2O. The summed E-state index contributed by atoms with van der Waals surface area (Å²) in [7, 11) is 0. The van der Waals surface area contributed by atoms with Crippen molar-refractivity contribution in [3.05, 3.63) is 64.4 Å². The Morgan fingerprint density at radius 3 is 2.53 bits per heavy atom. The summed E-state index contributed by atoms with van der Waals surface area (Å²) in [5.74, 6) is 0. The molecule has 0 spiro atoms. The maximum atomic E-state index is 11.5. The van der Waals surface area contributed by atoms with E-state index >= 15 is 0 Å². The molecule has 0 saturated heterocycles. The fraction of sp³-hybridized carbons (Fsp3) is 0.143. The van der Waals surface area contributed by atoms with Crippen molar-refractivity contribution < 1.29 is 4.73 Å². The summed E-state index contributed by atoms with van der Waals surface area (Å²) in [6, 6.07) is 9.94. The summed E-state index contributed by atoms with van der Waals surface area (Å²) in [5.41, 5.74) is 3.14. The van der Waals surface area contributed by atoms with Crippen molar-refractivity contribution in [2.45, 2.75) is 13.8 Å². The highest BCUT2D eigenvalue weighted by Crippen LogP contribution is 2.08. The minimum absolute atomic E-state index is 0.614. The predicted octanol–water partition coefficient (Wildman–Crippen LogP) is 2.50. The van der Waals surface area contributed by atoms with Gasteiger partial charge in [0.1, 0.15) is 11.4 Å². The Morgan fingerprint density at radius 1 is 1.12 bits per heavy atom. The summed E-state index contributed by atoms with van der Waals surface area (Å²) in [6.45, 7) is 3.58. The lowest BCUT2D eigenvalue weighted by atomic mass is 10.2. The van der Waals surface area contributed by atoms with Crippen LogP contribution in [0.1, 0.15) is 22.6 Å². The molecular weight excluding hydrogens is 212 g/mol. The number of hydrogen-bond donors (Lipinski definition) is 0. The van der Waals surface area contributed by atoms with Gasteiger partial charge in [0.15, 0.2) is 0 Å². The number of nitrogens with zero attached hydrogens (tertiary/aromatic N) is 2. The summed E-state index contributed by atoms with van der Waals surface area (Å²) in [5, 5.41) is 11.5. The smallest absolute Gasteiger partial charge is 0.215 e. The third-order valence-corrected chi connectivity index (χ3v) is 2.54. The van der Waals surface area contributed by atoms with Crippen LogP contribution in [0.3, 0.4) is 0 Å². The molecule has 1 aromatic carbocycles. The van der Waals surface area contributed by atoms with Crippen LogP contribution in [0, 0.1) is 19.1 Å². The van der Waals surface area contributed by atoms with Crippen molar-refractivity contribution in [2.75, 3.05) is 0 Å². The largest absolute Gasteiger partial charge is 0.618 e. The number of aryl methyl sites for hydroxylation is 1. The molecule has 0 bridgehead atoms. The minimum Gasteiger partial charge on any atom is -0.618 e. The number of hydrogen-bond acceptors (Lipinski definition) is 2. The van der Waals surface area contributed by atoms with Crippen LogP contribution < -0.4 is 4.73 Å². The first kappa shape index (κ1) is 11.3. The van der Waals surface area contributed by atoms with Gasteiger partial charge in [0.05, 0.1) is 0 Å². The Kier molecular flexibility index (Phi) is 3.19. The minimum atomic E-state index is 0.614. The Bertz CT molecular complexity index is 548. The summed E-state index contributed by atoms with van der Waals surface area (Å²) < 4.78 is 0.854. The van der Waals surface area contributed by atoms with Gasteiger partial charge in [0, 0.05) is 6.92 Å². The second-order valence-corrected chi connectivity index (χ2v) is 3.92. The molecule has 0 saturated carbocycles. The maximum Gasteiger partial charge on any atom is 0.215 e. The van der Waals surface area contributed by atoms with Gasteiger partial charge in [-0.05, 0) is 18.6 Å². The zero-order chi connectivity index (χ0) is 12.3. The Morgan fingerprint density at radius 2 is 1.82 bits per heavy atom. The molecule has 0 aliphatic rings. The molecule has 1 aromatic heterocycles. The van der Waals surface area contributed by atoms with E-state index in [0.717, 1.165) is 16.0 Å². The van der Waals surface area contributed by atoms with Crippen molar-refractivity contribution >= 4 is 12.2 Å². The summed E-state index contributed by atoms with van der Waals surface area (Å²) >= 11 is 0. The van der Waals surface area contributed by atoms with E-state index in [1.165, 1.54) is 6.20 Å². The third kappa shape index (κ3) is 2.69. The molecule has 0 aliphatic heterocycles. The van der Waals surface area contributed by atoms with E-state index in [4.69, 9.17) is 0 Å². The lowest BCUT2D eigenvalue weighted by molar-refractivity contribution is -0.613. The lowest BCUT2D eigenvalue weighted by Gasteiger charge is -2.03. The molecule has 17 heavy (non-hydrogen) atoms. The van der Waals surface area contributed by atoms with E-state index in [1.807, 2.05) is 49.4 Å². The molecule has 0 unspecified atom stereocenters. The molecule has 0 atom stereocenters. The van der Waals surface area contributed by atoms with Crippen molar-refractivity contribution in [1.29, 1.82) is 0 Å². The molecule has 0 fully saturated rings. The standard InChI is InChI=1S/C14H14N2O/c1-11-10-16(17)12(2)14(15-11)9-8-13-6-4-3-5-7-13/h3-10H,1-2H3/b9-8+. The highest BCUT2D eigenvalue weighted by Gasteiger charge is 2.07. The van der Waals surface area contributed by atoms with Gasteiger partial charge in [-0.1, -0.05) is 36.4 Å². The average Bonchev–Trinajstić information content (AvgIpc) is 2.33. The Balaban J connectivity index is 2.33. The SMILES string of the molecule is Cc1c[n+]([O-])c(C)c(/C=C/c2ccccc2)n1. The molecule has 0 amide bonds. The number of aromatic nitrogens is 2. The quantitative estimate of drug-likeness (QED) is 0.583. The van der Waals surface area contributed by atoms with Gasteiger partial charge in [-0.2, -0.15) is 4.73 Å². The van der Waals surface area contributed by atoms with Crippen LogP contribution in [0.5, 0.6) is 0 Å². The predicted molar refractivity (Wildman–Crippen MR) is 68.0 cm³/mol.